The van der Waals surface area contributed by atoms with Crippen LogP contribution in [-0.2, 0) is 0 Å². The molecule has 0 saturated heterocycles. The molecule has 0 aliphatic rings. The Hall–Kier alpha value is -6.85. The summed E-state index contributed by atoms with van der Waals surface area (Å²) in [5.74, 6) is 1.72. The summed E-state index contributed by atoms with van der Waals surface area (Å²) < 4.78 is 12.9. The van der Waals surface area contributed by atoms with E-state index in [2.05, 4.69) is 91.0 Å². The standard InChI is InChI=1S/C45H27N3O2/c1-3-13-28(14-4-1)30-17-11-18-31(27-30)43-46-44(35-21-12-24-39-40(35)33-19-7-9-22-37(33)49-39)48-45(47-43)36-26-25-32(29-15-5-2-6-16-29)42-41(36)34-20-8-10-23-38(34)50-42/h1-27H. The fourth-order valence-electron chi connectivity index (χ4n) is 7.03. The van der Waals surface area contributed by atoms with Crippen molar-refractivity contribution < 1.29 is 8.83 Å². The van der Waals surface area contributed by atoms with Gasteiger partial charge >= 0.3 is 0 Å². The van der Waals surface area contributed by atoms with Crippen LogP contribution in [0.5, 0.6) is 0 Å². The fourth-order valence-corrected chi connectivity index (χ4v) is 7.03. The Balaban J connectivity index is 1.27. The highest BCUT2D eigenvalue weighted by Crippen LogP contribution is 2.42. The normalized spacial score (nSPS) is 11.6. The van der Waals surface area contributed by atoms with Crippen LogP contribution in [-0.4, -0.2) is 15.0 Å². The summed E-state index contributed by atoms with van der Waals surface area (Å²) in [6, 6.07) is 55.6. The molecule has 5 nitrogen and oxygen atoms in total. The molecule has 10 aromatic rings. The maximum atomic E-state index is 6.61. The number of hydrogen-bond donors (Lipinski definition) is 0. The topological polar surface area (TPSA) is 65.0 Å². The van der Waals surface area contributed by atoms with Crippen molar-refractivity contribution in [3.63, 3.8) is 0 Å². The van der Waals surface area contributed by atoms with E-state index in [4.69, 9.17) is 23.8 Å². The molecule has 10 rings (SSSR count). The van der Waals surface area contributed by atoms with E-state index >= 15 is 0 Å². The lowest BCUT2D eigenvalue weighted by atomic mass is 9.98. The molecule has 3 aromatic heterocycles. The minimum absolute atomic E-state index is 0.566. The molecule has 3 heterocycles. The third kappa shape index (κ3) is 4.60. The SMILES string of the molecule is c1ccc(-c2cccc(-c3nc(-c4cccc5oc6ccccc6c45)nc(-c4ccc(-c5ccccc5)c5oc6ccccc6c45)n3)c2)cc1. The Labute approximate surface area is 287 Å². The van der Waals surface area contributed by atoms with Gasteiger partial charge in [0.1, 0.15) is 22.3 Å². The average Bonchev–Trinajstić information content (AvgIpc) is 3.77. The zero-order valence-electron chi connectivity index (χ0n) is 26.7. The maximum absolute atomic E-state index is 6.61. The van der Waals surface area contributed by atoms with Crippen LogP contribution in [0.3, 0.4) is 0 Å². The minimum atomic E-state index is 0.566. The van der Waals surface area contributed by atoms with Crippen LogP contribution in [0, 0.1) is 0 Å². The third-order valence-corrected chi connectivity index (χ3v) is 9.36. The van der Waals surface area contributed by atoms with Crippen molar-refractivity contribution in [1.82, 2.24) is 15.0 Å². The Morgan fingerprint density at radius 3 is 1.60 bits per heavy atom. The molecule has 0 aliphatic heterocycles. The molecule has 0 amide bonds. The quantitative estimate of drug-likeness (QED) is 0.187. The van der Waals surface area contributed by atoms with E-state index in [9.17, 15) is 0 Å². The molecular formula is C45H27N3O2. The number of rotatable bonds is 5. The molecular weight excluding hydrogens is 615 g/mol. The number of aromatic nitrogens is 3. The predicted octanol–water partition coefficient (Wildman–Crippen LogP) is 12.0. The minimum Gasteiger partial charge on any atom is -0.456 e. The highest BCUT2D eigenvalue weighted by atomic mass is 16.3. The summed E-state index contributed by atoms with van der Waals surface area (Å²) in [6.07, 6.45) is 0. The first-order valence-corrected chi connectivity index (χ1v) is 16.6. The molecule has 50 heavy (non-hydrogen) atoms. The largest absolute Gasteiger partial charge is 0.456 e. The van der Waals surface area contributed by atoms with Gasteiger partial charge in [0.25, 0.3) is 0 Å². The van der Waals surface area contributed by atoms with Gasteiger partial charge in [0.2, 0.25) is 0 Å². The molecule has 0 N–H and O–H groups in total. The Bertz CT molecular complexity index is 2870. The number of nitrogens with zero attached hydrogens (tertiary/aromatic N) is 3. The van der Waals surface area contributed by atoms with Gasteiger partial charge in [-0.2, -0.15) is 0 Å². The highest BCUT2D eigenvalue weighted by Gasteiger charge is 2.22. The van der Waals surface area contributed by atoms with Crippen LogP contribution in [0.15, 0.2) is 173 Å². The molecule has 0 fully saturated rings. The van der Waals surface area contributed by atoms with Gasteiger partial charge in [0.15, 0.2) is 17.5 Å². The van der Waals surface area contributed by atoms with Gasteiger partial charge in [-0.1, -0.05) is 127 Å². The van der Waals surface area contributed by atoms with Crippen LogP contribution in [0.25, 0.3) is 100 Å². The second-order valence-electron chi connectivity index (χ2n) is 12.4. The summed E-state index contributed by atoms with van der Waals surface area (Å²) >= 11 is 0. The number of fused-ring (bicyclic) bond motifs is 6. The molecule has 234 valence electrons. The monoisotopic (exact) mass is 641 g/mol. The van der Waals surface area contributed by atoms with Gasteiger partial charge < -0.3 is 8.83 Å². The lowest BCUT2D eigenvalue weighted by molar-refractivity contribution is 0.669. The van der Waals surface area contributed by atoms with Crippen molar-refractivity contribution in [3.05, 3.63) is 164 Å². The van der Waals surface area contributed by atoms with Crippen LogP contribution < -0.4 is 0 Å². The Kier molecular flexibility index (Phi) is 6.42. The molecule has 0 radical (unpaired) electrons. The number of hydrogen-bond acceptors (Lipinski definition) is 5. The number of furan rings is 2. The first kappa shape index (κ1) is 28.2. The van der Waals surface area contributed by atoms with Gasteiger partial charge in [0.05, 0.1) is 0 Å². The van der Waals surface area contributed by atoms with Gasteiger partial charge in [-0.05, 0) is 53.1 Å². The van der Waals surface area contributed by atoms with Gasteiger partial charge in [-0.3, -0.25) is 0 Å². The molecule has 0 aliphatic carbocycles. The molecule has 0 bridgehead atoms. The van der Waals surface area contributed by atoms with Crippen molar-refractivity contribution in [1.29, 1.82) is 0 Å². The van der Waals surface area contributed by atoms with Crippen molar-refractivity contribution >= 4 is 43.9 Å². The first-order chi connectivity index (χ1) is 24.8. The molecule has 0 atom stereocenters. The van der Waals surface area contributed by atoms with E-state index in [0.717, 1.165) is 82.8 Å². The highest BCUT2D eigenvalue weighted by molar-refractivity contribution is 6.16. The zero-order valence-corrected chi connectivity index (χ0v) is 26.7. The number of para-hydroxylation sites is 2. The van der Waals surface area contributed by atoms with Gasteiger partial charge in [0, 0.05) is 43.8 Å². The second kappa shape index (κ2) is 11.4. The van der Waals surface area contributed by atoms with E-state index in [1.165, 1.54) is 0 Å². The van der Waals surface area contributed by atoms with Crippen molar-refractivity contribution in [3.8, 4) is 56.4 Å². The zero-order chi connectivity index (χ0) is 33.0. The van der Waals surface area contributed by atoms with Gasteiger partial charge in [-0.15, -0.1) is 0 Å². The lowest BCUT2D eigenvalue weighted by Crippen LogP contribution is -2.01. The van der Waals surface area contributed by atoms with E-state index in [-0.39, 0.29) is 0 Å². The van der Waals surface area contributed by atoms with Crippen molar-refractivity contribution in [2.45, 2.75) is 0 Å². The van der Waals surface area contributed by atoms with E-state index in [1.54, 1.807) is 0 Å². The van der Waals surface area contributed by atoms with Crippen molar-refractivity contribution in [2.75, 3.05) is 0 Å². The number of benzene rings is 7. The summed E-state index contributed by atoms with van der Waals surface area (Å²) in [6.45, 7) is 0. The van der Waals surface area contributed by atoms with Gasteiger partial charge in [-0.25, -0.2) is 15.0 Å². The molecule has 0 saturated carbocycles. The predicted molar refractivity (Wildman–Crippen MR) is 202 cm³/mol. The Morgan fingerprint density at radius 2 is 0.840 bits per heavy atom. The molecule has 7 aromatic carbocycles. The van der Waals surface area contributed by atoms with Crippen LogP contribution >= 0.6 is 0 Å². The van der Waals surface area contributed by atoms with E-state index in [0.29, 0.717) is 17.5 Å². The smallest absolute Gasteiger partial charge is 0.164 e. The summed E-state index contributed by atoms with van der Waals surface area (Å²) in [5.41, 5.74) is 10.2. The van der Waals surface area contributed by atoms with E-state index < -0.39 is 0 Å². The first-order valence-electron chi connectivity index (χ1n) is 16.6. The molecule has 0 spiro atoms. The fraction of sp³-hybridized carbons (Fsp3) is 0. The summed E-state index contributed by atoms with van der Waals surface area (Å²) in [4.78, 5) is 15.6. The molecule has 5 heteroatoms. The summed E-state index contributed by atoms with van der Waals surface area (Å²) in [7, 11) is 0. The van der Waals surface area contributed by atoms with E-state index in [1.807, 2.05) is 72.8 Å². The molecule has 0 unspecified atom stereocenters. The summed E-state index contributed by atoms with van der Waals surface area (Å²) in [5, 5.41) is 3.97. The Morgan fingerprint density at radius 1 is 0.320 bits per heavy atom. The second-order valence-corrected chi connectivity index (χ2v) is 12.4. The van der Waals surface area contributed by atoms with Crippen LogP contribution in [0.4, 0.5) is 0 Å². The van der Waals surface area contributed by atoms with Crippen molar-refractivity contribution in [2.24, 2.45) is 0 Å². The van der Waals surface area contributed by atoms with Crippen LogP contribution in [0.1, 0.15) is 0 Å². The maximum Gasteiger partial charge on any atom is 0.164 e. The lowest BCUT2D eigenvalue weighted by Gasteiger charge is -2.12. The third-order valence-electron chi connectivity index (χ3n) is 9.36. The van der Waals surface area contributed by atoms with Crippen LogP contribution in [0.2, 0.25) is 0 Å². The average molecular weight is 642 g/mol.